The van der Waals surface area contributed by atoms with Gasteiger partial charge in [0.15, 0.2) is 0 Å². The molecule has 2 aromatic carbocycles. The van der Waals surface area contributed by atoms with E-state index in [4.69, 9.17) is 0 Å². The summed E-state index contributed by atoms with van der Waals surface area (Å²) in [5.74, 6) is 0. The fraction of sp³-hybridized carbons (Fsp3) is 0.368. The Balaban J connectivity index is 0.00000161. The zero-order valence-corrected chi connectivity index (χ0v) is 15.0. The lowest BCUT2D eigenvalue weighted by molar-refractivity contribution is -0.00000436. The Labute approximate surface area is 139 Å². The van der Waals surface area contributed by atoms with Gasteiger partial charge in [-0.3, -0.25) is 4.48 Å². The maximum atomic E-state index is 2.32. The van der Waals surface area contributed by atoms with Crippen LogP contribution in [0.25, 0.3) is 11.1 Å². The first-order chi connectivity index (χ1) is 9.48. The molecule has 3 rings (SSSR count). The summed E-state index contributed by atoms with van der Waals surface area (Å²) in [6.07, 6.45) is 3.65. The first-order valence-corrected chi connectivity index (χ1v) is 7.51. The van der Waals surface area contributed by atoms with Crippen molar-refractivity contribution >= 4 is 5.69 Å². The van der Waals surface area contributed by atoms with Gasteiger partial charge in [0.2, 0.25) is 0 Å². The highest BCUT2D eigenvalue weighted by Crippen LogP contribution is 2.41. The summed E-state index contributed by atoms with van der Waals surface area (Å²) >= 11 is 0. The Bertz CT molecular complexity index is 653. The topological polar surface area (TPSA) is 0 Å². The van der Waals surface area contributed by atoms with E-state index in [1.165, 1.54) is 47.2 Å². The second-order valence-corrected chi connectivity index (χ2v) is 6.78. The molecule has 21 heavy (non-hydrogen) atoms. The van der Waals surface area contributed by atoms with E-state index in [1.54, 1.807) is 5.56 Å². The van der Waals surface area contributed by atoms with Crippen molar-refractivity contribution in [3.63, 3.8) is 0 Å². The molecular weight excluding hydrogens is 322 g/mol. The number of nitrogens with zero attached hydrogens (tertiary/aromatic N) is 1. The molecule has 0 heterocycles. The van der Waals surface area contributed by atoms with E-state index in [2.05, 4.69) is 64.5 Å². The van der Waals surface area contributed by atoms with E-state index in [1.807, 2.05) is 0 Å². The molecule has 1 aliphatic rings. The van der Waals surface area contributed by atoms with Crippen LogP contribution >= 0.6 is 0 Å². The van der Waals surface area contributed by atoms with E-state index < -0.39 is 0 Å². The van der Waals surface area contributed by atoms with Gasteiger partial charge < -0.3 is 17.0 Å². The molecule has 1 nitrogen and oxygen atoms in total. The highest BCUT2D eigenvalue weighted by molar-refractivity contribution is 5.83. The van der Waals surface area contributed by atoms with Crippen LogP contribution in [0.3, 0.4) is 0 Å². The first-order valence-electron chi connectivity index (χ1n) is 7.51. The van der Waals surface area contributed by atoms with Gasteiger partial charge in [-0.05, 0) is 48.4 Å². The van der Waals surface area contributed by atoms with Crippen LogP contribution in [0, 0.1) is 6.92 Å². The predicted octanol–water partition coefficient (Wildman–Crippen LogP) is 1.35. The van der Waals surface area contributed by atoms with Crippen molar-refractivity contribution in [3.8, 4) is 11.1 Å². The minimum Gasteiger partial charge on any atom is -1.00 e. The number of aryl methyl sites for hydroxylation is 2. The molecule has 0 aliphatic heterocycles. The lowest BCUT2D eigenvalue weighted by atomic mass is 9.91. The highest BCUT2D eigenvalue weighted by atomic mass is 79.9. The molecule has 0 aromatic heterocycles. The number of hydrogen-bond donors (Lipinski definition) is 0. The summed E-state index contributed by atoms with van der Waals surface area (Å²) in [5, 5.41) is 0. The zero-order chi connectivity index (χ0) is 14.3. The van der Waals surface area contributed by atoms with Crippen molar-refractivity contribution in [2.45, 2.75) is 26.2 Å². The van der Waals surface area contributed by atoms with Gasteiger partial charge >= 0.3 is 0 Å². The van der Waals surface area contributed by atoms with Crippen LogP contribution in [0.5, 0.6) is 0 Å². The van der Waals surface area contributed by atoms with Crippen LogP contribution in [0.15, 0.2) is 36.4 Å². The van der Waals surface area contributed by atoms with Crippen molar-refractivity contribution in [2.24, 2.45) is 0 Å². The predicted molar refractivity (Wildman–Crippen MR) is 88.2 cm³/mol. The van der Waals surface area contributed by atoms with Crippen molar-refractivity contribution in [1.82, 2.24) is 4.48 Å². The van der Waals surface area contributed by atoms with Gasteiger partial charge in [-0.25, -0.2) is 0 Å². The molecule has 2 heteroatoms. The third-order valence-electron chi connectivity index (χ3n) is 4.41. The van der Waals surface area contributed by atoms with Crippen LogP contribution < -0.4 is 21.5 Å². The molecule has 0 unspecified atom stereocenters. The smallest absolute Gasteiger partial charge is 0.140 e. The van der Waals surface area contributed by atoms with E-state index in [0.29, 0.717) is 0 Å². The molecule has 0 N–H and O–H groups in total. The van der Waals surface area contributed by atoms with Gasteiger partial charge in [-0.15, -0.1) is 0 Å². The summed E-state index contributed by atoms with van der Waals surface area (Å²) in [6.45, 7) is 2.26. The number of benzene rings is 2. The normalized spacial score (nSPS) is 13.7. The van der Waals surface area contributed by atoms with Gasteiger partial charge in [0, 0.05) is 11.6 Å². The number of hydrogen-bond acceptors (Lipinski definition) is 0. The number of quaternary nitrogens is 1. The molecule has 0 radical (unpaired) electrons. The minimum absolute atomic E-state index is 0. The Kier molecular flexibility index (Phi) is 4.60. The molecule has 0 saturated carbocycles. The molecule has 0 atom stereocenters. The van der Waals surface area contributed by atoms with Crippen LogP contribution in [0.2, 0.25) is 0 Å². The average Bonchev–Trinajstić information content (AvgIpc) is 2.58. The maximum Gasteiger partial charge on any atom is 0.140 e. The average molecular weight is 346 g/mol. The SMILES string of the molecule is Cc1ccc([N+](C)(C)C)c2c1CCCc1ccccc1-2.[Br-]. The van der Waals surface area contributed by atoms with Crippen molar-refractivity contribution in [2.75, 3.05) is 21.1 Å². The molecule has 2 aromatic rings. The lowest BCUT2D eigenvalue weighted by Gasteiger charge is -2.28. The van der Waals surface area contributed by atoms with Gasteiger partial charge in [0.05, 0.1) is 21.1 Å². The van der Waals surface area contributed by atoms with E-state index >= 15 is 0 Å². The fourth-order valence-electron chi connectivity index (χ4n) is 3.36. The molecule has 0 saturated heterocycles. The standard InChI is InChI=1S/C19H24N.BrH/c1-14-12-13-18(20(2,3)4)19-16(14)11-7-9-15-8-5-6-10-17(15)19;/h5-6,8,10,12-13H,7,9,11H2,1-4H3;1H/q+1;/p-1. The van der Waals surface area contributed by atoms with E-state index in [0.717, 1.165) is 4.48 Å². The molecular formula is C19H24BrN. The lowest BCUT2D eigenvalue weighted by Crippen LogP contribution is -3.00. The molecule has 1 aliphatic carbocycles. The molecule has 0 bridgehead atoms. The Morgan fingerprint density at radius 3 is 2.33 bits per heavy atom. The third kappa shape index (κ3) is 2.93. The number of rotatable bonds is 1. The second-order valence-electron chi connectivity index (χ2n) is 6.78. The number of halogens is 1. The van der Waals surface area contributed by atoms with Crippen molar-refractivity contribution in [3.05, 3.63) is 53.1 Å². The Morgan fingerprint density at radius 2 is 1.62 bits per heavy atom. The Hall–Kier alpha value is -1.12. The van der Waals surface area contributed by atoms with Gasteiger partial charge in [0.1, 0.15) is 5.69 Å². The largest absolute Gasteiger partial charge is 1.00 e. The summed E-state index contributed by atoms with van der Waals surface area (Å²) in [5.41, 5.74) is 8.87. The van der Waals surface area contributed by atoms with Gasteiger partial charge in [0.25, 0.3) is 0 Å². The quantitative estimate of drug-likeness (QED) is 0.684. The summed E-state index contributed by atoms with van der Waals surface area (Å²) in [4.78, 5) is 0. The van der Waals surface area contributed by atoms with Crippen LogP contribution in [-0.2, 0) is 12.8 Å². The highest BCUT2D eigenvalue weighted by Gasteiger charge is 2.25. The second kappa shape index (κ2) is 5.94. The molecule has 112 valence electrons. The molecule has 0 fully saturated rings. The number of fused-ring (bicyclic) bond motifs is 3. The maximum absolute atomic E-state index is 2.32. The van der Waals surface area contributed by atoms with E-state index in [-0.39, 0.29) is 17.0 Å². The minimum atomic E-state index is 0. The zero-order valence-electron chi connectivity index (χ0n) is 13.4. The monoisotopic (exact) mass is 345 g/mol. The molecule has 0 amide bonds. The summed E-state index contributed by atoms with van der Waals surface area (Å²) in [6, 6.07) is 13.6. The first kappa shape index (κ1) is 16.3. The Morgan fingerprint density at radius 1 is 0.905 bits per heavy atom. The van der Waals surface area contributed by atoms with Crippen molar-refractivity contribution < 1.29 is 17.0 Å². The van der Waals surface area contributed by atoms with Gasteiger partial charge in [-0.1, -0.05) is 30.3 Å². The van der Waals surface area contributed by atoms with Crippen LogP contribution in [0.4, 0.5) is 5.69 Å². The van der Waals surface area contributed by atoms with Crippen molar-refractivity contribution in [1.29, 1.82) is 0 Å². The van der Waals surface area contributed by atoms with Gasteiger partial charge in [-0.2, -0.15) is 0 Å². The third-order valence-corrected chi connectivity index (χ3v) is 4.41. The van der Waals surface area contributed by atoms with E-state index in [9.17, 15) is 0 Å². The van der Waals surface area contributed by atoms with Crippen LogP contribution in [-0.4, -0.2) is 21.1 Å². The summed E-state index contributed by atoms with van der Waals surface area (Å²) in [7, 11) is 6.79. The van der Waals surface area contributed by atoms with Crippen LogP contribution in [0.1, 0.15) is 23.1 Å². The molecule has 0 spiro atoms. The fourth-order valence-corrected chi connectivity index (χ4v) is 3.36. The summed E-state index contributed by atoms with van der Waals surface area (Å²) < 4.78 is 0.872.